The Bertz CT molecular complexity index is 724. The van der Waals surface area contributed by atoms with Crippen LogP contribution in [0.5, 0.6) is 5.75 Å². The second-order valence-corrected chi connectivity index (χ2v) is 6.00. The van der Waals surface area contributed by atoms with Crippen molar-refractivity contribution in [3.8, 4) is 5.75 Å². The number of esters is 1. The summed E-state index contributed by atoms with van der Waals surface area (Å²) in [5, 5.41) is 0. The summed E-state index contributed by atoms with van der Waals surface area (Å²) in [6.07, 6.45) is -3.75. The van der Waals surface area contributed by atoms with Gasteiger partial charge in [0, 0.05) is 18.7 Å². The SMILES string of the molecule is C=CC(=O)OCCS(=O)(=O)Oc1ccc(C(=NC)C(F)(F)F)cc1. The number of benzene rings is 1. The zero-order valence-electron chi connectivity index (χ0n) is 12.5. The van der Waals surface area contributed by atoms with Gasteiger partial charge in [0.05, 0.1) is 0 Å². The molecule has 1 aromatic carbocycles. The highest BCUT2D eigenvalue weighted by Gasteiger charge is 2.36. The van der Waals surface area contributed by atoms with Crippen LogP contribution in [0.15, 0.2) is 41.9 Å². The Labute approximate surface area is 136 Å². The van der Waals surface area contributed by atoms with Gasteiger partial charge in [-0.25, -0.2) is 4.79 Å². The van der Waals surface area contributed by atoms with E-state index in [2.05, 4.69) is 16.3 Å². The van der Waals surface area contributed by atoms with E-state index in [1.54, 1.807) is 0 Å². The summed E-state index contributed by atoms with van der Waals surface area (Å²) >= 11 is 0. The van der Waals surface area contributed by atoms with Gasteiger partial charge < -0.3 is 8.92 Å². The van der Waals surface area contributed by atoms with Crippen LogP contribution in [0.4, 0.5) is 13.2 Å². The highest BCUT2D eigenvalue weighted by molar-refractivity contribution is 7.87. The zero-order chi connectivity index (χ0) is 18.4. The first-order valence-electron chi connectivity index (χ1n) is 6.45. The van der Waals surface area contributed by atoms with E-state index in [9.17, 15) is 26.4 Å². The topological polar surface area (TPSA) is 82.0 Å². The van der Waals surface area contributed by atoms with Crippen LogP contribution in [0.25, 0.3) is 0 Å². The minimum absolute atomic E-state index is 0.175. The number of hydrogen-bond acceptors (Lipinski definition) is 6. The molecule has 24 heavy (non-hydrogen) atoms. The average Bonchev–Trinajstić information content (AvgIpc) is 2.47. The predicted molar refractivity (Wildman–Crippen MR) is 80.5 cm³/mol. The summed E-state index contributed by atoms with van der Waals surface area (Å²) in [5.41, 5.74) is -1.32. The van der Waals surface area contributed by atoms with Gasteiger partial charge in [-0.3, -0.25) is 4.99 Å². The smallest absolute Gasteiger partial charge is 0.433 e. The van der Waals surface area contributed by atoms with Crippen LogP contribution in [0, 0.1) is 0 Å². The number of ether oxygens (including phenoxy) is 1. The Kier molecular flexibility index (Phi) is 6.52. The number of nitrogens with zero attached hydrogens (tertiary/aromatic N) is 1. The summed E-state index contributed by atoms with van der Waals surface area (Å²) in [4.78, 5) is 14.0. The standard InChI is InChI=1S/C14H14F3NO5S/c1-3-12(19)22-8-9-24(20,21)23-11-6-4-10(5-7-11)13(18-2)14(15,16)17/h3-7H,1,8-9H2,2H3. The molecule has 6 nitrogen and oxygen atoms in total. The number of carbonyl (C=O) groups excluding carboxylic acids is 1. The monoisotopic (exact) mass is 365 g/mol. The third-order valence-electron chi connectivity index (χ3n) is 2.59. The van der Waals surface area contributed by atoms with Gasteiger partial charge in [0.25, 0.3) is 0 Å². The fourth-order valence-electron chi connectivity index (χ4n) is 1.58. The molecule has 0 N–H and O–H groups in total. The van der Waals surface area contributed by atoms with E-state index in [1.807, 2.05) is 0 Å². The second kappa shape index (κ2) is 7.95. The van der Waals surface area contributed by atoms with Crippen LogP contribution in [0.3, 0.4) is 0 Å². The van der Waals surface area contributed by atoms with Crippen molar-refractivity contribution in [1.82, 2.24) is 0 Å². The van der Waals surface area contributed by atoms with Gasteiger partial charge in [-0.05, 0) is 24.3 Å². The van der Waals surface area contributed by atoms with E-state index in [-0.39, 0.29) is 11.3 Å². The number of hydrogen-bond donors (Lipinski definition) is 0. The van der Waals surface area contributed by atoms with Crippen molar-refractivity contribution in [2.75, 3.05) is 19.4 Å². The van der Waals surface area contributed by atoms with Crippen molar-refractivity contribution in [1.29, 1.82) is 0 Å². The number of carbonyl (C=O) groups is 1. The number of aliphatic imine (C=N–C) groups is 1. The van der Waals surface area contributed by atoms with Crippen LogP contribution in [0.2, 0.25) is 0 Å². The normalized spacial score (nSPS) is 12.6. The third kappa shape index (κ3) is 6.03. The number of halogens is 3. The Morgan fingerprint density at radius 2 is 1.88 bits per heavy atom. The lowest BCUT2D eigenvalue weighted by Gasteiger charge is -2.11. The average molecular weight is 365 g/mol. The summed E-state index contributed by atoms with van der Waals surface area (Å²) in [5.74, 6) is -1.57. The molecule has 0 bridgehead atoms. The van der Waals surface area contributed by atoms with E-state index in [0.29, 0.717) is 0 Å². The maximum Gasteiger partial charge on any atom is 0.433 e. The van der Waals surface area contributed by atoms with Crippen molar-refractivity contribution in [3.05, 3.63) is 42.5 Å². The molecule has 0 radical (unpaired) electrons. The molecule has 1 rings (SSSR count). The van der Waals surface area contributed by atoms with E-state index in [0.717, 1.165) is 37.4 Å². The molecule has 10 heteroatoms. The van der Waals surface area contributed by atoms with Crippen molar-refractivity contribution in [3.63, 3.8) is 0 Å². The van der Waals surface area contributed by atoms with Crippen molar-refractivity contribution < 1.29 is 35.3 Å². The van der Waals surface area contributed by atoms with Crippen molar-refractivity contribution in [2.24, 2.45) is 4.99 Å². The molecule has 0 amide bonds. The fourth-order valence-corrected chi connectivity index (χ4v) is 2.35. The predicted octanol–water partition coefficient (Wildman–Crippen LogP) is 2.11. The van der Waals surface area contributed by atoms with Crippen LogP contribution in [0.1, 0.15) is 5.56 Å². The maximum atomic E-state index is 12.7. The van der Waals surface area contributed by atoms with Gasteiger partial charge in [-0.15, -0.1) is 0 Å². The lowest BCUT2D eigenvalue weighted by Crippen LogP contribution is -2.24. The zero-order valence-corrected chi connectivity index (χ0v) is 13.4. The molecule has 0 unspecified atom stereocenters. The lowest BCUT2D eigenvalue weighted by molar-refractivity contribution is -0.137. The van der Waals surface area contributed by atoms with E-state index >= 15 is 0 Å². The minimum Gasteiger partial charge on any atom is -0.461 e. The van der Waals surface area contributed by atoms with Gasteiger partial charge in [-0.2, -0.15) is 21.6 Å². The molecule has 0 aliphatic rings. The molecule has 0 heterocycles. The van der Waals surface area contributed by atoms with Crippen molar-refractivity contribution >= 4 is 21.8 Å². The Morgan fingerprint density at radius 3 is 2.33 bits per heavy atom. The molecule has 0 aliphatic heterocycles. The fraction of sp³-hybridized carbons (Fsp3) is 0.286. The molecule has 0 spiro atoms. The van der Waals surface area contributed by atoms with E-state index in [4.69, 9.17) is 4.18 Å². The number of rotatable bonds is 7. The molecule has 0 saturated carbocycles. The first kappa shape index (κ1) is 19.7. The Balaban J connectivity index is 2.76. The molecular formula is C14H14F3NO5S. The molecule has 0 fully saturated rings. The first-order chi connectivity index (χ1) is 11.1. The second-order valence-electron chi connectivity index (χ2n) is 4.31. The van der Waals surface area contributed by atoms with Gasteiger partial charge in [0.1, 0.15) is 23.8 Å². The molecule has 0 atom stereocenters. The Hall–Kier alpha value is -2.36. The first-order valence-corrected chi connectivity index (χ1v) is 8.02. The number of alkyl halides is 3. The lowest BCUT2D eigenvalue weighted by atomic mass is 10.1. The molecule has 1 aromatic rings. The molecule has 0 aromatic heterocycles. The molecule has 132 valence electrons. The van der Waals surface area contributed by atoms with Crippen LogP contribution < -0.4 is 4.18 Å². The van der Waals surface area contributed by atoms with E-state index in [1.165, 1.54) is 0 Å². The van der Waals surface area contributed by atoms with Crippen LogP contribution >= 0.6 is 0 Å². The van der Waals surface area contributed by atoms with Gasteiger partial charge >= 0.3 is 22.3 Å². The molecular weight excluding hydrogens is 351 g/mol. The summed E-state index contributed by atoms with van der Waals surface area (Å²) in [6, 6.07) is 4.22. The van der Waals surface area contributed by atoms with Crippen molar-refractivity contribution in [2.45, 2.75) is 6.18 Å². The van der Waals surface area contributed by atoms with Crippen LogP contribution in [-0.2, 0) is 19.6 Å². The van der Waals surface area contributed by atoms with Gasteiger partial charge in [0.2, 0.25) is 0 Å². The minimum atomic E-state index is -4.63. The van der Waals surface area contributed by atoms with Gasteiger partial charge in [0.15, 0.2) is 0 Å². The highest BCUT2D eigenvalue weighted by Crippen LogP contribution is 2.24. The largest absolute Gasteiger partial charge is 0.461 e. The summed E-state index contributed by atoms with van der Waals surface area (Å²) < 4.78 is 70.7. The highest BCUT2D eigenvalue weighted by atomic mass is 32.2. The third-order valence-corrected chi connectivity index (χ3v) is 3.70. The summed E-state index contributed by atoms with van der Waals surface area (Å²) in [7, 11) is -3.07. The maximum absolute atomic E-state index is 12.7. The van der Waals surface area contributed by atoms with E-state index < -0.39 is 40.3 Å². The van der Waals surface area contributed by atoms with Crippen LogP contribution in [-0.4, -0.2) is 45.7 Å². The summed E-state index contributed by atoms with van der Waals surface area (Å²) in [6.45, 7) is 2.71. The molecule has 0 saturated heterocycles. The quantitative estimate of drug-likeness (QED) is 0.320. The molecule has 0 aliphatic carbocycles. The van der Waals surface area contributed by atoms with Gasteiger partial charge in [-0.1, -0.05) is 6.58 Å². The Morgan fingerprint density at radius 1 is 1.29 bits per heavy atom.